The van der Waals surface area contributed by atoms with E-state index in [-0.39, 0.29) is 12.0 Å². The van der Waals surface area contributed by atoms with Crippen molar-refractivity contribution in [1.82, 2.24) is 10.2 Å². The zero-order valence-electron chi connectivity index (χ0n) is 13.1. The molecule has 3 rings (SSSR count). The van der Waals surface area contributed by atoms with Gasteiger partial charge in [-0.15, -0.1) is 0 Å². The Morgan fingerprint density at radius 1 is 1.26 bits per heavy atom. The number of benzene rings is 1. The molecule has 1 aromatic carbocycles. The van der Waals surface area contributed by atoms with Crippen molar-refractivity contribution >= 4 is 17.2 Å². The number of carbonyl (C=O) groups is 1. The number of ether oxygens (including phenoxy) is 1. The number of carbonyl (C=O) groups excluding carboxylic acids is 1. The maximum absolute atomic E-state index is 12.1. The monoisotopic (exact) mass is 330 g/mol. The van der Waals surface area contributed by atoms with Gasteiger partial charge in [0.25, 0.3) is 0 Å². The molecule has 0 saturated carbocycles. The first kappa shape index (κ1) is 16.2. The highest BCUT2D eigenvalue weighted by Crippen LogP contribution is 2.13. The molecular weight excluding hydrogens is 308 g/mol. The fourth-order valence-electron chi connectivity index (χ4n) is 2.76. The van der Waals surface area contributed by atoms with Gasteiger partial charge in [0.05, 0.1) is 19.1 Å². The summed E-state index contributed by atoms with van der Waals surface area (Å²) in [7, 11) is 0. The minimum Gasteiger partial charge on any atom is -0.375 e. The van der Waals surface area contributed by atoms with Crippen LogP contribution in [-0.4, -0.2) is 36.6 Å². The highest BCUT2D eigenvalue weighted by Gasteiger charge is 2.22. The van der Waals surface area contributed by atoms with Gasteiger partial charge in [-0.3, -0.25) is 9.69 Å². The van der Waals surface area contributed by atoms with E-state index in [1.807, 2.05) is 17.5 Å². The number of hydrogen-bond acceptors (Lipinski definition) is 4. The van der Waals surface area contributed by atoms with Crippen LogP contribution in [0.1, 0.15) is 17.5 Å². The number of nitrogens with zero attached hydrogens (tertiary/aromatic N) is 1. The lowest BCUT2D eigenvalue weighted by molar-refractivity contribution is -0.126. The fraction of sp³-hybridized carbons (Fsp3) is 0.389. The van der Waals surface area contributed by atoms with Crippen molar-refractivity contribution in [2.75, 3.05) is 19.7 Å². The molecule has 2 aromatic rings. The predicted octanol–water partition coefficient (Wildman–Crippen LogP) is 2.66. The summed E-state index contributed by atoms with van der Waals surface area (Å²) in [5.74, 6) is 0.0581. The van der Waals surface area contributed by atoms with E-state index in [1.54, 1.807) is 11.3 Å². The van der Waals surface area contributed by atoms with Crippen molar-refractivity contribution < 1.29 is 9.53 Å². The van der Waals surface area contributed by atoms with Gasteiger partial charge in [-0.2, -0.15) is 11.3 Å². The molecule has 1 atom stereocenters. The Bertz CT molecular complexity index is 601. The van der Waals surface area contributed by atoms with E-state index in [4.69, 9.17) is 4.74 Å². The van der Waals surface area contributed by atoms with Gasteiger partial charge in [0.15, 0.2) is 0 Å². The van der Waals surface area contributed by atoms with Crippen LogP contribution in [0.2, 0.25) is 0 Å². The lowest BCUT2D eigenvalue weighted by atomic mass is 10.1. The van der Waals surface area contributed by atoms with Gasteiger partial charge in [-0.05, 0) is 28.0 Å². The van der Waals surface area contributed by atoms with Crippen LogP contribution in [-0.2, 0) is 22.6 Å². The van der Waals surface area contributed by atoms with Crippen LogP contribution in [0.3, 0.4) is 0 Å². The van der Waals surface area contributed by atoms with Crippen LogP contribution >= 0.6 is 11.3 Å². The van der Waals surface area contributed by atoms with Gasteiger partial charge in [-0.25, -0.2) is 0 Å². The molecule has 122 valence electrons. The summed E-state index contributed by atoms with van der Waals surface area (Å²) < 4.78 is 5.75. The fourth-order valence-corrected chi connectivity index (χ4v) is 3.43. The molecule has 1 fully saturated rings. The third-order valence-corrected chi connectivity index (χ3v) is 4.69. The Labute approximate surface area is 141 Å². The lowest BCUT2D eigenvalue weighted by Crippen LogP contribution is -2.44. The summed E-state index contributed by atoms with van der Waals surface area (Å²) in [4.78, 5) is 14.4. The number of hydrogen-bond donors (Lipinski definition) is 1. The lowest BCUT2D eigenvalue weighted by Gasteiger charge is -2.32. The smallest absolute Gasteiger partial charge is 0.222 e. The third kappa shape index (κ3) is 5.16. The van der Waals surface area contributed by atoms with Gasteiger partial charge in [-0.1, -0.05) is 30.3 Å². The van der Waals surface area contributed by atoms with E-state index in [9.17, 15) is 4.79 Å². The summed E-state index contributed by atoms with van der Waals surface area (Å²) in [5, 5.41) is 7.04. The molecule has 0 radical (unpaired) electrons. The minimum absolute atomic E-state index is 0.0186. The first-order chi connectivity index (χ1) is 11.3. The molecular formula is C18H22N2O2S. The Hall–Kier alpha value is -1.69. The van der Waals surface area contributed by atoms with E-state index < -0.39 is 0 Å². The van der Waals surface area contributed by atoms with Crippen molar-refractivity contribution in [3.05, 3.63) is 58.3 Å². The van der Waals surface area contributed by atoms with Crippen LogP contribution in [0.25, 0.3) is 0 Å². The average molecular weight is 330 g/mol. The van der Waals surface area contributed by atoms with E-state index >= 15 is 0 Å². The van der Waals surface area contributed by atoms with E-state index in [1.165, 1.54) is 5.56 Å². The van der Waals surface area contributed by atoms with Gasteiger partial charge >= 0.3 is 0 Å². The van der Waals surface area contributed by atoms with Crippen molar-refractivity contribution in [3.63, 3.8) is 0 Å². The summed E-state index contributed by atoms with van der Waals surface area (Å²) in [6, 6.07) is 12.5. The first-order valence-corrected chi connectivity index (χ1v) is 8.89. The molecule has 5 heteroatoms. The minimum atomic E-state index is -0.0186. The van der Waals surface area contributed by atoms with Crippen LogP contribution in [0.4, 0.5) is 0 Å². The standard InChI is InChI=1S/C18H22N2O2S/c21-18(19-11-16-6-9-23-14-16)10-17-13-20(7-8-22-17)12-15-4-2-1-3-5-15/h1-6,9,14,17H,7-8,10-13H2,(H,19,21). The van der Waals surface area contributed by atoms with Crippen LogP contribution in [0.15, 0.2) is 47.2 Å². The second-order valence-electron chi connectivity index (χ2n) is 5.83. The predicted molar refractivity (Wildman–Crippen MR) is 92.2 cm³/mol. The highest BCUT2D eigenvalue weighted by molar-refractivity contribution is 7.07. The SMILES string of the molecule is O=C(CC1CN(Cc2ccccc2)CCO1)NCc1ccsc1. The summed E-state index contributed by atoms with van der Waals surface area (Å²) in [5.41, 5.74) is 2.45. The van der Waals surface area contributed by atoms with Gasteiger partial charge < -0.3 is 10.1 Å². The zero-order valence-corrected chi connectivity index (χ0v) is 13.9. The summed E-state index contributed by atoms with van der Waals surface area (Å²) in [6.45, 7) is 3.93. The number of thiophene rings is 1. The van der Waals surface area contributed by atoms with Crippen molar-refractivity contribution in [2.24, 2.45) is 0 Å². The van der Waals surface area contributed by atoms with Gasteiger partial charge in [0, 0.05) is 26.2 Å². The van der Waals surface area contributed by atoms with Gasteiger partial charge in [0.2, 0.25) is 5.91 Å². The normalized spacial score (nSPS) is 18.7. The molecule has 0 spiro atoms. The maximum atomic E-state index is 12.1. The van der Waals surface area contributed by atoms with Crippen LogP contribution in [0, 0.1) is 0 Å². The molecule has 4 nitrogen and oxygen atoms in total. The average Bonchev–Trinajstić information content (AvgIpc) is 3.08. The highest BCUT2D eigenvalue weighted by atomic mass is 32.1. The molecule has 1 saturated heterocycles. The zero-order chi connectivity index (χ0) is 15.9. The Kier molecular flexibility index (Phi) is 5.80. The molecule has 1 N–H and O–H groups in total. The molecule has 1 unspecified atom stereocenters. The quantitative estimate of drug-likeness (QED) is 0.885. The Balaban J connectivity index is 1.43. The Morgan fingerprint density at radius 2 is 2.13 bits per heavy atom. The Morgan fingerprint density at radius 3 is 2.91 bits per heavy atom. The second kappa shape index (κ2) is 8.24. The van der Waals surface area contributed by atoms with Crippen LogP contribution < -0.4 is 5.32 Å². The summed E-state index contributed by atoms with van der Waals surface area (Å²) >= 11 is 1.65. The number of morpholine rings is 1. The number of amides is 1. The molecule has 23 heavy (non-hydrogen) atoms. The van der Waals surface area contributed by atoms with Crippen molar-refractivity contribution in [2.45, 2.75) is 25.6 Å². The first-order valence-electron chi connectivity index (χ1n) is 7.95. The number of nitrogens with one attached hydrogen (secondary N) is 1. The largest absolute Gasteiger partial charge is 0.375 e. The molecule has 1 aliphatic rings. The molecule has 1 aromatic heterocycles. The molecule has 0 bridgehead atoms. The van der Waals surface area contributed by atoms with Gasteiger partial charge in [0.1, 0.15) is 0 Å². The maximum Gasteiger partial charge on any atom is 0.222 e. The van der Waals surface area contributed by atoms with Crippen molar-refractivity contribution in [3.8, 4) is 0 Å². The summed E-state index contributed by atoms with van der Waals surface area (Å²) in [6.07, 6.45) is 0.407. The number of rotatable bonds is 6. The van der Waals surface area contributed by atoms with Crippen LogP contribution in [0.5, 0.6) is 0 Å². The molecule has 1 aliphatic heterocycles. The molecule has 0 aliphatic carbocycles. The van der Waals surface area contributed by atoms with Crippen molar-refractivity contribution in [1.29, 1.82) is 0 Å². The van der Waals surface area contributed by atoms with E-state index in [0.717, 1.165) is 25.2 Å². The van der Waals surface area contributed by atoms with E-state index in [0.29, 0.717) is 19.6 Å². The topological polar surface area (TPSA) is 41.6 Å². The molecule has 1 amide bonds. The molecule has 2 heterocycles. The second-order valence-corrected chi connectivity index (χ2v) is 6.61. The third-order valence-electron chi connectivity index (χ3n) is 3.95. The van der Waals surface area contributed by atoms with E-state index in [2.05, 4.69) is 39.9 Å².